The van der Waals surface area contributed by atoms with Crippen LogP contribution in [0.4, 0.5) is 4.39 Å². The predicted molar refractivity (Wildman–Crippen MR) is 127 cm³/mol. The third-order valence-electron chi connectivity index (χ3n) is 7.08. The van der Waals surface area contributed by atoms with Gasteiger partial charge in [-0.3, -0.25) is 0 Å². The molecule has 0 saturated carbocycles. The highest BCUT2D eigenvalue weighted by Crippen LogP contribution is 2.30. The van der Waals surface area contributed by atoms with Gasteiger partial charge in [-0.05, 0) is 75.5 Å². The van der Waals surface area contributed by atoms with Crippen molar-refractivity contribution in [3.8, 4) is 0 Å². The maximum Gasteiger partial charge on any atom is 0.243 e. The van der Waals surface area contributed by atoms with Crippen molar-refractivity contribution in [3.63, 3.8) is 0 Å². The zero-order valence-corrected chi connectivity index (χ0v) is 19.8. The molecule has 176 valence electrons. The van der Waals surface area contributed by atoms with E-state index in [0.717, 1.165) is 68.6 Å². The number of benzene rings is 2. The summed E-state index contributed by atoms with van der Waals surface area (Å²) < 4.78 is 42.1. The Bertz CT molecular complexity index is 1230. The molecule has 0 aliphatic carbocycles. The van der Waals surface area contributed by atoms with E-state index < -0.39 is 10.0 Å². The van der Waals surface area contributed by atoms with Crippen LogP contribution in [0, 0.1) is 12.7 Å². The average molecular weight is 471 g/mol. The minimum Gasteiger partial charge on any atom is -0.342 e. The Morgan fingerprint density at radius 2 is 1.88 bits per heavy atom. The first kappa shape index (κ1) is 22.5. The lowest BCUT2D eigenvalue weighted by Gasteiger charge is -2.39. The predicted octanol–water partition coefficient (Wildman–Crippen LogP) is 4.43. The van der Waals surface area contributed by atoms with Gasteiger partial charge >= 0.3 is 0 Å². The van der Waals surface area contributed by atoms with Crippen molar-refractivity contribution in [2.45, 2.75) is 55.9 Å². The van der Waals surface area contributed by atoms with Crippen LogP contribution in [0.3, 0.4) is 0 Å². The standard InChI is InChI=1S/C25H31FN4O2S/c1-18-5-4-7-22(15-18)33(31,32)30-12-3-2-6-21(30)17-29-13-10-19(11-14-29)25-27-23-9-8-20(26)16-24(23)28-25/h4-5,7-9,15-16,19,21H,2-3,6,10-14,17H2,1H3,(H,27,28). The number of aryl methyl sites for hydroxylation is 1. The molecule has 0 amide bonds. The molecule has 3 heterocycles. The summed E-state index contributed by atoms with van der Waals surface area (Å²) in [5, 5.41) is 0. The Labute approximate surface area is 194 Å². The van der Waals surface area contributed by atoms with Crippen molar-refractivity contribution in [2.75, 3.05) is 26.2 Å². The zero-order valence-electron chi connectivity index (χ0n) is 19.0. The Balaban J connectivity index is 1.25. The fraction of sp³-hybridized carbons (Fsp3) is 0.480. The van der Waals surface area contributed by atoms with Crippen LogP contribution >= 0.6 is 0 Å². The maximum absolute atomic E-state index is 13.5. The van der Waals surface area contributed by atoms with Gasteiger partial charge < -0.3 is 9.88 Å². The molecule has 1 N–H and O–H groups in total. The number of aromatic nitrogens is 2. The van der Waals surface area contributed by atoms with Crippen molar-refractivity contribution in [1.82, 2.24) is 19.2 Å². The van der Waals surface area contributed by atoms with Gasteiger partial charge in [0.2, 0.25) is 10.0 Å². The summed E-state index contributed by atoms with van der Waals surface area (Å²) in [6, 6.07) is 11.9. The molecule has 2 aliphatic heterocycles. The zero-order chi connectivity index (χ0) is 23.0. The SMILES string of the molecule is Cc1cccc(S(=O)(=O)N2CCCCC2CN2CCC(c3nc4cc(F)ccc4[nH]3)CC2)c1. The molecule has 8 heteroatoms. The number of hydrogen-bond donors (Lipinski definition) is 1. The van der Waals surface area contributed by atoms with Gasteiger partial charge in [-0.1, -0.05) is 18.6 Å². The summed E-state index contributed by atoms with van der Waals surface area (Å²) in [7, 11) is -3.50. The molecule has 33 heavy (non-hydrogen) atoms. The van der Waals surface area contributed by atoms with Crippen LogP contribution in [0.1, 0.15) is 49.4 Å². The molecular weight excluding hydrogens is 439 g/mol. The number of rotatable bonds is 5. The number of aromatic amines is 1. The first-order valence-corrected chi connectivity index (χ1v) is 13.3. The van der Waals surface area contributed by atoms with Gasteiger partial charge in [0.1, 0.15) is 11.6 Å². The van der Waals surface area contributed by atoms with E-state index in [1.165, 1.54) is 12.1 Å². The van der Waals surface area contributed by atoms with Crippen LogP contribution in [0.15, 0.2) is 47.4 Å². The second-order valence-electron chi connectivity index (χ2n) is 9.44. The summed E-state index contributed by atoms with van der Waals surface area (Å²) in [6.45, 7) is 5.10. The molecule has 3 aromatic rings. The van der Waals surface area contributed by atoms with E-state index in [2.05, 4.69) is 14.9 Å². The summed E-state index contributed by atoms with van der Waals surface area (Å²) >= 11 is 0. The van der Waals surface area contributed by atoms with Crippen LogP contribution in [-0.2, 0) is 10.0 Å². The highest BCUT2D eigenvalue weighted by molar-refractivity contribution is 7.89. The largest absolute Gasteiger partial charge is 0.342 e. The van der Waals surface area contributed by atoms with E-state index in [4.69, 9.17) is 0 Å². The number of halogens is 1. The molecule has 2 saturated heterocycles. The Morgan fingerprint density at radius 1 is 1.06 bits per heavy atom. The van der Waals surface area contributed by atoms with Crippen LogP contribution < -0.4 is 0 Å². The smallest absolute Gasteiger partial charge is 0.243 e. The lowest BCUT2D eigenvalue weighted by Crippen LogP contribution is -2.50. The Hall–Kier alpha value is -2.29. The van der Waals surface area contributed by atoms with Gasteiger partial charge in [-0.15, -0.1) is 0 Å². The monoisotopic (exact) mass is 470 g/mol. The number of piperidine rings is 2. The molecule has 1 unspecified atom stereocenters. The van der Waals surface area contributed by atoms with Crippen LogP contribution in [0.5, 0.6) is 0 Å². The molecular formula is C25H31FN4O2S. The van der Waals surface area contributed by atoms with E-state index in [0.29, 0.717) is 22.9 Å². The van der Waals surface area contributed by atoms with E-state index in [1.807, 2.05) is 19.1 Å². The third kappa shape index (κ3) is 4.69. The topological polar surface area (TPSA) is 69.3 Å². The molecule has 0 bridgehead atoms. The summed E-state index contributed by atoms with van der Waals surface area (Å²) in [5.41, 5.74) is 2.50. The fourth-order valence-electron chi connectivity index (χ4n) is 5.26. The minimum atomic E-state index is -3.50. The van der Waals surface area contributed by atoms with E-state index >= 15 is 0 Å². The normalized spacial score (nSPS) is 21.6. The second kappa shape index (κ2) is 9.16. The number of hydrogen-bond acceptors (Lipinski definition) is 4. The molecule has 1 atom stereocenters. The van der Waals surface area contributed by atoms with Crippen molar-refractivity contribution in [1.29, 1.82) is 0 Å². The Kier molecular flexibility index (Phi) is 6.24. The number of H-pyrrole nitrogens is 1. The van der Waals surface area contributed by atoms with Gasteiger partial charge in [-0.25, -0.2) is 17.8 Å². The summed E-state index contributed by atoms with van der Waals surface area (Å²) in [4.78, 5) is 10.8. The first-order chi connectivity index (χ1) is 15.9. The van der Waals surface area contributed by atoms with Crippen LogP contribution in [0.25, 0.3) is 11.0 Å². The van der Waals surface area contributed by atoms with Gasteiger partial charge in [0.15, 0.2) is 0 Å². The number of nitrogens with zero attached hydrogens (tertiary/aromatic N) is 3. The quantitative estimate of drug-likeness (QED) is 0.599. The van der Waals surface area contributed by atoms with Crippen LogP contribution in [0.2, 0.25) is 0 Å². The maximum atomic E-state index is 13.5. The summed E-state index contributed by atoms with van der Waals surface area (Å²) in [5.74, 6) is 0.972. The fourth-order valence-corrected chi connectivity index (χ4v) is 7.05. The number of sulfonamides is 1. The average Bonchev–Trinajstić information content (AvgIpc) is 3.23. The van der Waals surface area contributed by atoms with E-state index in [-0.39, 0.29) is 11.9 Å². The molecule has 1 aromatic heterocycles. The van der Waals surface area contributed by atoms with E-state index in [9.17, 15) is 12.8 Å². The molecule has 0 radical (unpaired) electrons. The van der Waals surface area contributed by atoms with Gasteiger partial charge in [-0.2, -0.15) is 4.31 Å². The molecule has 2 aliphatic rings. The summed E-state index contributed by atoms with van der Waals surface area (Å²) in [6.07, 6.45) is 4.80. The lowest BCUT2D eigenvalue weighted by molar-refractivity contribution is 0.142. The van der Waals surface area contributed by atoms with Gasteiger partial charge in [0, 0.05) is 31.1 Å². The highest BCUT2D eigenvalue weighted by atomic mass is 32.2. The number of imidazole rings is 1. The van der Waals surface area contributed by atoms with Crippen molar-refractivity contribution >= 4 is 21.1 Å². The Morgan fingerprint density at radius 3 is 2.67 bits per heavy atom. The number of nitrogens with one attached hydrogen (secondary N) is 1. The van der Waals surface area contributed by atoms with E-state index in [1.54, 1.807) is 22.5 Å². The van der Waals surface area contributed by atoms with Gasteiger partial charge in [0.25, 0.3) is 0 Å². The second-order valence-corrected chi connectivity index (χ2v) is 11.3. The molecule has 6 nitrogen and oxygen atoms in total. The highest BCUT2D eigenvalue weighted by Gasteiger charge is 2.35. The molecule has 2 aromatic carbocycles. The third-order valence-corrected chi connectivity index (χ3v) is 9.02. The molecule has 2 fully saturated rings. The number of fused-ring (bicyclic) bond motifs is 1. The van der Waals surface area contributed by atoms with Gasteiger partial charge in [0.05, 0.1) is 15.9 Å². The van der Waals surface area contributed by atoms with Crippen molar-refractivity contribution in [3.05, 3.63) is 59.7 Å². The van der Waals surface area contributed by atoms with Crippen LogP contribution in [-0.4, -0.2) is 59.8 Å². The lowest BCUT2D eigenvalue weighted by atomic mass is 9.95. The van der Waals surface area contributed by atoms with Crippen molar-refractivity contribution in [2.24, 2.45) is 0 Å². The minimum absolute atomic E-state index is 0.00925. The first-order valence-electron chi connectivity index (χ1n) is 11.9. The molecule has 0 spiro atoms. The molecule has 5 rings (SSSR count). The number of likely N-dealkylation sites (tertiary alicyclic amines) is 1. The van der Waals surface area contributed by atoms with Crippen molar-refractivity contribution < 1.29 is 12.8 Å².